The third kappa shape index (κ3) is 7.91. The molecule has 0 spiro atoms. The minimum absolute atomic E-state index is 0.485. The van der Waals surface area contributed by atoms with Crippen molar-refractivity contribution < 1.29 is 4.74 Å². The second-order valence-corrected chi connectivity index (χ2v) is 6.35. The fourth-order valence-corrected chi connectivity index (χ4v) is 2.61. The monoisotopic (exact) mass is 270 g/mol. The number of hydrogen-bond donors (Lipinski definition) is 1. The van der Waals surface area contributed by atoms with Gasteiger partial charge in [-0.2, -0.15) is 0 Å². The molecule has 1 aliphatic rings. The number of hydrogen-bond acceptors (Lipinski definition) is 3. The van der Waals surface area contributed by atoms with Crippen LogP contribution in [0, 0.1) is 5.92 Å². The van der Waals surface area contributed by atoms with Gasteiger partial charge in [-0.3, -0.25) is 4.90 Å². The Morgan fingerprint density at radius 3 is 2.63 bits per heavy atom. The lowest BCUT2D eigenvalue weighted by atomic mass is 10.0. The predicted molar refractivity (Wildman–Crippen MR) is 82.6 cm³/mol. The van der Waals surface area contributed by atoms with Crippen LogP contribution in [0.2, 0.25) is 0 Å². The molecule has 2 unspecified atom stereocenters. The molecule has 19 heavy (non-hydrogen) atoms. The number of ether oxygens (including phenoxy) is 1. The topological polar surface area (TPSA) is 24.5 Å². The summed E-state index contributed by atoms with van der Waals surface area (Å²) in [4.78, 5) is 2.51. The highest BCUT2D eigenvalue weighted by Gasteiger charge is 2.18. The van der Waals surface area contributed by atoms with E-state index < -0.39 is 0 Å². The van der Waals surface area contributed by atoms with Crippen molar-refractivity contribution in [1.82, 2.24) is 10.2 Å². The molecule has 114 valence electrons. The van der Waals surface area contributed by atoms with Crippen LogP contribution in [0.15, 0.2) is 0 Å². The minimum Gasteiger partial charge on any atom is -0.377 e. The summed E-state index contributed by atoms with van der Waals surface area (Å²) in [5, 5.41) is 3.65. The van der Waals surface area contributed by atoms with E-state index in [0.29, 0.717) is 12.1 Å². The summed E-state index contributed by atoms with van der Waals surface area (Å²) >= 11 is 0. The minimum atomic E-state index is 0.485. The lowest BCUT2D eigenvalue weighted by Gasteiger charge is -2.24. The fraction of sp³-hybridized carbons (Fsp3) is 1.00. The van der Waals surface area contributed by atoms with E-state index in [-0.39, 0.29) is 0 Å². The molecular formula is C16H34N2O. The molecule has 2 atom stereocenters. The molecule has 0 saturated carbocycles. The summed E-state index contributed by atoms with van der Waals surface area (Å²) in [6, 6.07) is 0.642. The molecule has 3 nitrogen and oxygen atoms in total. The van der Waals surface area contributed by atoms with Gasteiger partial charge in [-0.25, -0.2) is 0 Å². The van der Waals surface area contributed by atoms with Gasteiger partial charge in [-0.05, 0) is 45.1 Å². The van der Waals surface area contributed by atoms with Crippen molar-refractivity contribution in [3.8, 4) is 0 Å². The summed E-state index contributed by atoms with van der Waals surface area (Å²) in [5.41, 5.74) is 0. The molecule has 0 aliphatic carbocycles. The van der Waals surface area contributed by atoms with Crippen LogP contribution < -0.4 is 5.32 Å². The number of nitrogens with zero attached hydrogens (tertiary/aromatic N) is 1. The highest BCUT2D eigenvalue weighted by atomic mass is 16.5. The van der Waals surface area contributed by atoms with Crippen LogP contribution in [-0.4, -0.2) is 49.8 Å². The Kier molecular flexibility index (Phi) is 8.67. The number of nitrogens with one attached hydrogen (secondary N) is 1. The Hall–Kier alpha value is -0.120. The van der Waals surface area contributed by atoms with E-state index in [0.717, 1.165) is 38.7 Å². The smallest absolute Gasteiger partial charge is 0.0702 e. The first-order chi connectivity index (χ1) is 9.11. The van der Waals surface area contributed by atoms with Crippen LogP contribution in [0.25, 0.3) is 0 Å². The molecule has 1 heterocycles. The van der Waals surface area contributed by atoms with Crippen molar-refractivity contribution >= 4 is 0 Å². The first kappa shape index (κ1) is 16.9. The number of rotatable bonds is 10. The standard InChI is InChI=1S/C16H34N2O/c1-5-18(13-16-7-6-12-19-16)11-10-17-15(4)9-8-14(2)3/h14-17H,5-13H2,1-4H3. The lowest BCUT2D eigenvalue weighted by molar-refractivity contribution is 0.0749. The summed E-state index contributed by atoms with van der Waals surface area (Å²) in [5.74, 6) is 0.816. The average molecular weight is 270 g/mol. The van der Waals surface area contributed by atoms with Crippen molar-refractivity contribution in [2.45, 2.75) is 65.5 Å². The van der Waals surface area contributed by atoms with Gasteiger partial charge in [0.25, 0.3) is 0 Å². The first-order valence-corrected chi connectivity index (χ1v) is 8.19. The predicted octanol–water partition coefficient (Wildman–Crippen LogP) is 2.90. The highest BCUT2D eigenvalue weighted by Crippen LogP contribution is 2.13. The van der Waals surface area contributed by atoms with Crippen molar-refractivity contribution in [3.05, 3.63) is 0 Å². The van der Waals surface area contributed by atoms with Gasteiger partial charge in [0.2, 0.25) is 0 Å². The van der Waals surface area contributed by atoms with E-state index in [4.69, 9.17) is 4.74 Å². The number of likely N-dealkylation sites (N-methyl/N-ethyl adjacent to an activating group) is 1. The maximum absolute atomic E-state index is 5.72. The van der Waals surface area contributed by atoms with Gasteiger partial charge >= 0.3 is 0 Å². The zero-order valence-electron chi connectivity index (χ0n) is 13.5. The largest absolute Gasteiger partial charge is 0.377 e. The van der Waals surface area contributed by atoms with Crippen LogP contribution in [0.1, 0.15) is 53.4 Å². The Balaban J connectivity index is 2.07. The molecule has 1 fully saturated rings. The maximum Gasteiger partial charge on any atom is 0.0702 e. The molecular weight excluding hydrogens is 236 g/mol. The molecule has 3 heteroatoms. The molecule has 1 saturated heterocycles. The quantitative estimate of drug-likeness (QED) is 0.660. The Morgan fingerprint density at radius 1 is 1.26 bits per heavy atom. The van der Waals surface area contributed by atoms with E-state index in [1.54, 1.807) is 0 Å². The summed E-state index contributed by atoms with van der Waals surface area (Å²) in [6.07, 6.45) is 5.58. The summed E-state index contributed by atoms with van der Waals surface area (Å²) < 4.78 is 5.72. The third-order valence-corrected chi connectivity index (χ3v) is 4.03. The molecule has 0 aromatic heterocycles. The van der Waals surface area contributed by atoms with Gasteiger partial charge in [0.15, 0.2) is 0 Å². The van der Waals surface area contributed by atoms with Gasteiger partial charge in [0.1, 0.15) is 0 Å². The highest BCUT2D eigenvalue weighted by molar-refractivity contribution is 4.71. The SMILES string of the molecule is CCN(CCNC(C)CCC(C)C)CC1CCCO1. The van der Waals surface area contributed by atoms with Gasteiger partial charge in [0, 0.05) is 32.3 Å². The van der Waals surface area contributed by atoms with Crippen molar-refractivity contribution in [1.29, 1.82) is 0 Å². The van der Waals surface area contributed by atoms with Crippen molar-refractivity contribution in [3.63, 3.8) is 0 Å². The molecule has 0 aromatic carbocycles. The summed E-state index contributed by atoms with van der Waals surface area (Å²) in [7, 11) is 0. The summed E-state index contributed by atoms with van der Waals surface area (Å²) in [6.45, 7) is 14.6. The molecule has 0 radical (unpaired) electrons. The van der Waals surface area contributed by atoms with E-state index >= 15 is 0 Å². The van der Waals surface area contributed by atoms with Crippen LogP contribution in [0.3, 0.4) is 0 Å². The van der Waals surface area contributed by atoms with E-state index in [1.807, 2.05) is 0 Å². The molecule has 1 aliphatic heterocycles. The van der Waals surface area contributed by atoms with E-state index in [2.05, 4.69) is 37.9 Å². The van der Waals surface area contributed by atoms with Crippen LogP contribution in [0.4, 0.5) is 0 Å². The van der Waals surface area contributed by atoms with Crippen LogP contribution in [0.5, 0.6) is 0 Å². The zero-order chi connectivity index (χ0) is 14.1. The van der Waals surface area contributed by atoms with Crippen molar-refractivity contribution in [2.75, 3.05) is 32.8 Å². The van der Waals surface area contributed by atoms with Crippen LogP contribution in [-0.2, 0) is 4.74 Å². The zero-order valence-corrected chi connectivity index (χ0v) is 13.5. The molecule has 1 rings (SSSR count). The Labute approximate surface area is 120 Å². The normalized spacial score (nSPS) is 21.5. The van der Waals surface area contributed by atoms with Gasteiger partial charge in [-0.15, -0.1) is 0 Å². The molecule has 0 aromatic rings. The van der Waals surface area contributed by atoms with E-state index in [1.165, 1.54) is 25.7 Å². The molecule has 0 bridgehead atoms. The average Bonchev–Trinajstić information content (AvgIpc) is 2.88. The first-order valence-electron chi connectivity index (χ1n) is 8.19. The lowest BCUT2D eigenvalue weighted by Crippen LogP contribution is -2.39. The second-order valence-electron chi connectivity index (χ2n) is 6.35. The Bertz CT molecular complexity index is 215. The van der Waals surface area contributed by atoms with Gasteiger partial charge < -0.3 is 10.1 Å². The third-order valence-electron chi connectivity index (χ3n) is 4.03. The maximum atomic E-state index is 5.72. The van der Waals surface area contributed by atoms with Crippen LogP contribution >= 0.6 is 0 Å². The fourth-order valence-electron chi connectivity index (χ4n) is 2.61. The molecule has 0 amide bonds. The second kappa shape index (κ2) is 9.73. The van der Waals surface area contributed by atoms with Crippen molar-refractivity contribution in [2.24, 2.45) is 5.92 Å². The van der Waals surface area contributed by atoms with Gasteiger partial charge in [0.05, 0.1) is 6.10 Å². The molecule has 1 N–H and O–H groups in total. The Morgan fingerprint density at radius 2 is 2.05 bits per heavy atom. The van der Waals surface area contributed by atoms with Gasteiger partial charge in [-0.1, -0.05) is 20.8 Å². The van der Waals surface area contributed by atoms with E-state index in [9.17, 15) is 0 Å².